The highest BCUT2D eigenvalue weighted by molar-refractivity contribution is 5.71. The Morgan fingerprint density at radius 3 is 3.00 bits per heavy atom. The summed E-state index contributed by atoms with van der Waals surface area (Å²) in [5.41, 5.74) is 2.69. The van der Waals surface area contributed by atoms with Crippen LogP contribution in [0.15, 0.2) is 58.7 Å². The van der Waals surface area contributed by atoms with Gasteiger partial charge >= 0.3 is 5.97 Å². The Hall–Kier alpha value is -2.14. The van der Waals surface area contributed by atoms with Crippen molar-refractivity contribution in [1.29, 1.82) is 0 Å². The predicted octanol–water partition coefficient (Wildman–Crippen LogP) is 3.16. The Bertz CT molecular complexity index is 637. The van der Waals surface area contributed by atoms with Crippen molar-refractivity contribution in [3.63, 3.8) is 0 Å². The van der Waals surface area contributed by atoms with E-state index in [1.165, 1.54) is 12.3 Å². The monoisotopic (exact) mass is 290 g/mol. The summed E-state index contributed by atoms with van der Waals surface area (Å²) in [6.45, 7) is 1.79. The molecule has 1 aliphatic heterocycles. The highest BCUT2D eigenvalue weighted by Crippen LogP contribution is 2.39. The lowest BCUT2D eigenvalue weighted by molar-refractivity contribution is -0.182. The van der Waals surface area contributed by atoms with Crippen molar-refractivity contribution in [2.75, 3.05) is 0 Å². The fraction of sp³-hybridized carbons (Fsp3) is 0.312. The van der Waals surface area contributed by atoms with Gasteiger partial charge in [0.1, 0.15) is 11.9 Å². The van der Waals surface area contributed by atoms with Gasteiger partial charge in [-0.15, -0.1) is 0 Å². The van der Waals surface area contributed by atoms with E-state index in [0.717, 1.165) is 17.6 Å². The Morgan fingerprint density at radius 2 is 2.24 bits per heavy atom. The SMILES string of the molecule is CC1=CC=C(F)/C2=C3\CCC=CC3=COC(C(=O)O)OC12. The average molecular weight is 290 g/mol. The van der Waals surface area contributed by atoms with Crippen LogP contribution in [0.5, 0.6) is 0 Å². The molecule has 21 heavy (non-hydrogen) atoms. The minimum absolute atomic E-state index is 0.382. The molecule has 5 heteroatoms. The van der Waals surface area contributed by atoms with Crippen LogP contribution < -0.4 is 0 Å². The van der Waals surface area contributed by atoms with Crippen LogP contribution >= 0.6 is 0 Å². The maximum Gasteiger partial charge on any atom is 0.373 e. The Labute approximate surface area is 121 Å². The molecule has 0 spiro atoms. The second-order valence-electron chi connectivity index (χ2n) is 5.15. The van der Waals surface area contributed by atoms with E-state index in [2.05, 4.69) is 0 Å². The number of carboxylic acids is 1. The van der Waals surface area contributed by atoms with Crippen LogP contribution in [0.25, 0.3) is 0 Å². The molecular weight excluding hydrogens is 275 g/mol. The van der Waals surface area contributed by atoms with E-state index < -0.39 is 18.4 Å². The Morgan fingerprint density at radius 1 is 1.43 bits per heavy atom. The van der Waals surface area contributed by atoms with Crippen molar-refractivity contribution < 1.29 is 23.8 Å². The maximum atomic E-state index is 14.3. The number of ether oxygens (including phenoxy) is 2. The largest absolute Gasteiger partial charge is 0.477 e. The summed E-state index contributed by atoms with van der Waals surface area (Å²) in [5, 5.41) is 9.15. The van der Waals surface area contributed by atoms with Gasteiger partial charge in [-0.05, 0) is 37.0 Å². The van der Waals surface area contributed by atoms with Crippen molar-refractivity contribution in [2.24, 2.45) is 0 Å². The molecular formula is C16H15FO4. The topological polar surface area (TPSA) is 55.8 Å². The van der Waals surface area contributed by atoms with E-state index >= 15 is 0 Å². The van der Waals surface area contributed by atoms with Gasteiger partial charge in [-0.3, -0.25) is 0 Å². The van der Waals surface area contributed by atoms with Crippen LogP contribution in [0.1, 0.15) is 19.8 Å². The highest BCUT2D eigenvalue weighted by atomic mass is 19.1. The lowest BCUT2D eigenvalue weighted by Gasteiger charge is -2.31. The van der Waals surface area contributed by atoms with Gasteiger partial charge in [0.15, 0.2) is 0 Å². The van der Waals surface area contributed by atoms with E-state index in [4.69, 9.17) is 14.6 Å². The number of hydrogen-bond donors (Lipinski definition) is 1. The lowest BCUT2D eigenvalue weighted by atomic mass is 9.85. The minimum Gasteiger partial charge on any atom is -0.477 e. The van der Waals surface area contributed by atoms with Gasteiger partial charge < -0.3 is 14.6 Å². The number of fused-ring (bicyclic) bond motifs is 2. The summed E-state index contributed by atoms with van der Waals surface area (Å²) in [7, 11) is 0. The Kier molecular flexibility index (Phi) is 3.51. The molecule has 0 amide bonds. The smallest absolute Gasteiger partial charge is 0.373 e. The molecule has 0 fully saturated rings. The second-order valence-corrected chi connectivity index (χ2v) is 5.15. The first-order valence-electron chi connectivity index (χ1n) is 6.76. The zero-order valence-corrected chi connectivity index (χ0v) is 11.5. The molecule has 4 nitrogen and oxygen atoms in total. The number of rotatable bonds is 1. The molecule has 0 bridgehead atoms. The van der Waals surface area contributed by atoms with Gasteiger partial charge in [0, 0.05) is 11.1 Å². The average Bonchev–Trinajstić information content (AvgIpc) is 2.44. The third-order valence-corrected chi connectivity index (χ3v) is 3.74. The number of allylic oxidation sites excluding steroid dienone is 6. The first kappa shape index (κ1) is 13.8. The van der Waals surface area contributed by atoms with Gasteiger partial charge in [0.25, 0.3) is 6.29 Å². The summed E-state index contributed by atoms with van der Waals surface area (Å²) >= 11 is 0. The van der Waals surface area contributed by atoms with Crippen LogP contribution in [0, 0.1) is 0 Å². The van der Waals surface area contributed by atoms with Gasteiger partial charge in [-0.25, -0.2) is 9.18 Å². The van der Waals surface area contributed by atoms with Crippen LogP contribution in [0.2, 0.25) is 0 Å². The van der Waals surface area contributed by atoms with Gasteiger partial charge in [0.05, 0.1) is 6.26 Å². The van der Waals surface area contributed by atoms with Crippen LogP contribution in [-0.4, -0.2) is 23.5 Å². The van der Waals surface area contributed by atoms with Crippen LogP contribution in [-0.2, 0) is 14.3 Å². The highest BCUT2D eigenvalue weighted by Gasteiger charge is 2.34. The minimum atomic E-state index is -1.45. The van der Waals surface area contributed by atoms with Crippen molar-refractivity contribution >= 4 is 5.97 Å². The number of hydrogen-bond acceptors (Lipinski definition) is 3. The summed E-state index contributed by atoms with van der Waals surface area (Å²) < 4.78 is 25.0. The van der Waals surface area contributed by atoms with Crippen molar-refractivity contribution in [1.82, 2.24) is 0 Å². The molecule has 0 aromatic carbocycles. The number of carboxylic acid groups (broad SMARTS) is 1. The number of halogens is 1. The standard InChI is InChI=1S/C16H15FO4/c1-9-6-7-12(17)13-11-5-3-2-4-10(11)8-20-16(15(18)19)21-14(9)13/h2,4,6-8,14,16H,3,5H2,1H3,(H,18,19)/b10-8?,13-11-. The molecule has 0 aromatic heterocycles. The van der Waals surface area contributed by atoms with Gasteiger partial charge in [0.2, 0.25) is 0 Å². The molecule has 0 saturated heterocycles. The van der Waals surface area contributed by atoms with E-state index in [0.29, 0.717) is 17.6 Å². The van der Waals surface area contributed by atoms with Crippen molar-refractivity contribution in [2.45, 2.75) is 32.2 Å². The van der Waals surface area contributed by atoms with E-state index in [1.54, 1.807) is 13.0 Å². The predicted molar refractivity (Wildman–Crippen MR) is 73.8 cm³/mol. The number of carbonyl (C=O) groups is 1. The molecule has 1 heterocycles. The van der Waals surface area contributed by atoms with Crippen molar-refractivity contribution in [3.8, 4) is 0 Å². The Balaban J connectivity index is 2.15. The molecule has 3 aliphatic rings. The third-order valence-electron chi connectivity index (χ3n) is 3.74. The fourth-order valence-corrected chi connectivity index (χ4v) is 2.70. The molecule has 0 aromatic rings. The van der Waals surface area contributed by atoms with E-state index in [9.17, 15) is 9.18 Å². The third kappa shape index (κ3) is 2.45. The first-order chi connectivity index (χ1) is 10.1. The summed E-state index contributed by atoms with van der Waals surface area (Å²) in [4.78, 5) is 11.2. The molecule has 2 aliphatic carbocycles. The molecule has 1 N–H and O–H groups in total. The maximum absolute atomic E-state index is 14.3. The zero-order valence-electron chi connectivity index (χ0n) is 11.5. The molecule has 3 rings (SSSR count). The van der Waals surface area contributed by atoms with Gasteiger partial charge in [-0.1, -0.05) is 18.2 Å². The van der Waals surface area contributed by atoms with Crippen LogP contribution in [0.4, 0.5) is 4.39 Å². The summed E-state index contributed by atoms with van der Waals surface area (Å²) in [6.07, 6.45) is 7.42. The number of aliphatic carboxylic acids is 1. The lowest BCUT2D eigenvalue weighted by Crippen LogP contribution is -2.35. The van der Waals surface area contributed by atoms with Gasteiger partial charge in [-0.2, -0.15) is 0 Å². The molecule has 0 radical (unpaired) electrons. The summed E-state index contributed by atoms with van der Waals surface area (Å²) in [5.74, 6) is -1.62. The summed E-state index contributed by atoms with van der Waals surface area (Å²) in [6, 6.07) is 0. The molecule has 0 saturated carbocycles. The molecule has 110 valence electrons. The van der Waals surface area contributed by atoms with E-state index in [-0.39, 0.29) is 5.83 Å². The van der Waals surface area contributed by atoms with Crippen molar-refractivity contribution in [3.05, 3.63) is 58.7 Å². The zero-order chi connectivity index (χ0) is 15.0. The second kappa shape index (κ2) is 5.33. The first-order valence-corrected chi connectivity index (χ1v) is 6.76. The molecule has 2 unspecified atom stereocenters. The normalized spacial score (nSPS) is 31.6. The molecule has 2 atom stereocenters. The van der Waals surface area contributed by atoms with E-state index in [1.807, 2.05) is 12.2 Å². The fourth-order valence-electron chi connectivity index (χ4n) is 2.70. The van der Waals surface area contributed by atoms with Crippen LogP contribution in [0.3, 0.4) is 0 Å². The quantitative estimate of drug-likeness (QED) is 0.806.